The fourth-order valence-corrected chi connectivity index (χ4v) is 2.69. The quantitative estimate of drug-likeness (QED) is 0.647. The van der Waals surface area contributed by atoms with Crippen LogP contribution in [0.5, 0.6) is 0 Å². The van der Waals surface area contributed by atoms with E-state index in [0.29, 0.717) is 12.1 Å². The van der Waals surface area contributed by atoms with E-state index in [2.05, 4.69) is 5.32 Å². The SMILES string of the molecule is N#Cc1cc(NC2CCCC(C(N)=O)C2)ccc1[N+](=O)[O-]. The van der Waals surface area contributed by atoms with Crippen LogP contribution in [0.15, 0.2) is 18.2 Å². The minimum Gasteiger partial charge on any atom is -0.382 e. The minimum absolute atomic E-state index is 0.0206. The maximum absolute atomic E-state index is 11.2. The molecule has 7 heteroatoms. The molecular weight excluding hydrogens is 272 g/mol. The number of nitriles is 1. The number of rotatable bonds is 4. The van der Waals surface area contributed by atoms with Gasteiger partial charge in [0.1, 0.15) is 11.6 Å². The number of primary amides is 1. The molecule has 1 aromatic carbocycles. The Balaban J connectivity index is 2.11. The predicted octanol–water partition coefficient (Wildman–Crippen LogP) is 1.92. The van der Waals surface area contributed by atoms with Crippen LogP contribution in [0.1, 0.15) is 31.2 Å². The van der Waals surface area contributed by atoms with Gasteiger partial charge in [-0.15, -0.1) is 0 Å². The van der Waals surface area contributed by atoms with Crippen molar-refractivity contribution in [1.82, 2.24) is 0 Å². The highest BCUT2D eigenvalue weighted by Crippen LogP contribution is 2.28. The molecule has 0 aromatic heterocycles. The summed E-state index contributed by atoms with van der Waals surface area (Å²) in [4.78, 5) is 21.5. The van der Waals surface area contributed by atoms with Crippen LogP contribution < -0.4 is 11.1 Å². The molecule has 0 bridgehead atoms. The lowest BCUT2D eigenvalue weighted by molar-refractivity contribution is -0.385. The van der Waals surface area contributed by atoms with Crippen molar-refractivity contribution in [2.75, 3.05) is 5.32 Å². The third kappa shape index (κ3) is 3.48. The highest BCUT2D eigenvalue weighted by molar-refractivity contribution is 5.76. The first-order valence-electron chi connectivity index (χ1n) is 6.75. The smallest absolute Gasteiger partial charge is 0.287 e. The topological polar surface area (TPSA) is 122 Å². The van der Waals surface area contributed by atoms with Crippen molar-refractivity contribution in [1.29, 1.82) is 5.26 Å². The van der Waals surface area contributed by atoms with Gasteiger partial charge in [0.15, 0.2) is 0 Å². The number of nitrogens with one attached hydrogen (secondary N) is 1. The van der Waals surface area contributed by atoms with Crippen LogP contribution in [0.2, 0.25) is 0 Å². The number of carbonyl (C=O) groups excluding carboxylic acids is 1. The molecule has 1 aliphatic carbocycles. The van der Waals surface area contributed by atoms with Gasteiger partial charge in [0.25, 0.3) is 5.69 Å². The second-order valence-corrected chi connectivity index (χ2v) is 5.21. The molecule has 2 rings (SSSR count). The molecule has 1 aromatic rings. The maximum Gasteiger partial charge on any atom is 0.287 e. The van der Waals surface area contributed by atoms with Crippen LogP contribution in [0.25, 0.3) is 0 Å². The zero-order valence-corrected chi connectivity index (χ0v) is 11.4. The molecule has 0 heterocycles. The fraction of sp³-hybridized carbons (Fsp3) is 0.429. The van der Waals surface area contributed by atoms with E-state index in [1.165, 1.54) is 12.1 Å². The molecule has 1 saturated carbocycles. The van der Waals surface area contributed by atoms with Crippen LogP contribution in [0, 0.1) is 27.4 Å². The summed E-state index contributed by atoms with van der Waals surface area (Å²) in [5.74, 6) is -0.423. The summed E-state index contributed by atoms with van der Waals surface area (Å²) in [5.41, 5.74) is 5.80. The van der Waals surface area contributed by atoms with Gasteiger partial charge in [-0.3, -0.25) is 14.9 Å². The molecule has 0 aliphatic heterocycles. The third-order valence-corrected chi connectivity index (χ3v) is 3.76. The summed E-state index contributed by atoms with van der Waals surface area (Å²) in [7, 11) is 0. The molecule has 0 spiro atoms. The number of carbonyl (C=O) groups is 1. The fourth-order valence-electron chi connectivity index (χ4n) is 2.69. The monoisotopic (exact) mass is 288 g/mol. The van der Waals surface area contributed by atoms with Crippen molar-refractivity contribution >= 4 is 17.3 Å². The van der Waals surface area contributed by atoms with Crippen LogP contribution in [0.3, 0.4) is 0 Å². The van der Waals surface area contributed by atoms with E-state index in [1.54, 1.807) is 6.07 Å². The van der Waals surface area contributed by atoms with Crippen molar-refractivity contribution in [2.24, 2.45) is 11.7 Å². The summed E-state index contributed by atoms with van der Waals surface area (Å²) >= 11 is 0. The van der Waals surface area contributed by atoms with E-state index >= 15 is 0 Å². The van der Waals surface area contributed by atoms with Crippen molar-refractivity contribution < 1.29 is 9.72 Å². The van der Waals surface area contributed by atoms with Crippen molar-refractivity contribution in [3.8, 4) is 6.07 Å². The van der Waals surface area contributed by atoms with Crippen LogP contribution in [-0.2, 0) is 4.79 Å². The Morgan fingerprint density at radius 2 is 2.24 bits per heavy atom. The molecular formula is C14H16N4O3. The number of nitrogens with zero attached hydrogens (tertiary/aromatic N) is 2. The first kappa shape index (κ1) is 14.8. The molecule has 110 valence electrons. The van der Waals surface area contributed by atoms with E-state index in [9.17, 15) is 14.9 Å². The minimum atomic E-state index is -0.577. The van der Waals surface area contributed by atoms with Gasteiger partial charge in [0.2, 0.25) is 5.91 Å². The second kappa shape index (κ2) is 6.22. The Labute approximate surface area is 121 Å². The number of nitro benzene ring substituents is 1. The highest BCUT2D eigenvalue weighted by atomic mass is 16.6. The highest BCUT2D eigenvalue weighted by Gasteiger charge is 2.26. The Hall–Kier alpha value is -2.62. The van der Waals surface area contributed by atoms with E-state index in [1.807, 2.05) is 6.07 Å². The number of benzene rings is 1. The predicted molar refractivity (Wildman–Crippen MR) is 76.4 cm³/mol. The molecule has 2 unspecified atom stereocenters. The lowest BCUT2D eigenvalue weighted by Crippen LogP contribution is -2.34. The molecule has 0 saturated heterocycles. The number of hydrogen-bond donors (Lipinski definition) is 2. The van der Waals surface area contributed by atoms with Crippen molar-refractivity contribution in [2.45, 2.75) is 31.7 Å². The zero-order valence-electron chi connectivity index (χ0n) is 11.4. The van der Waals surface area contributed by atoms with Gasteiger partial charge >= 0.3 is 0 Å². The lowest BCUT2D eigenvalue weighted by atomic mass is 9.85. The normalized spacial score (nSPS) is 21.3. The number of hydrogen-bond acceptors (Lipinski definition) is 5. The summed E-state index contributed by atoms with van der Waals surface area (Å²) < 4.78 is 0. The number of anilines is 1. The molecule has 0 radical (unpaired) electrons. The van der Waals surface area contributed by atoms with Crippen molar-refractivity contribution in [3.63, 3.8) is 0 Å². The van der Waals surface area contributed by atoms with Crippen LogP contribution in [0.4, 0.5) is 11.4 Å². The zero-order chi connectivity index (χ0) is 15.4. The van der Waals surface area contributed by atoms with Gasteiger partial charge in [0.05, 0.1) is 4.92 Å². The van der Waals surface area contributed by atoms with E-state index in [-0.39, 0.29) is 29.1 Å². The number of nitro groups is 1. The molecule has 7 nitrogen and oxygen atoms in total. The van der Waals surface area contributed by atoms with Gasteiger partial charge in [-0.05, 0) is 31.4 Å². The van der Waals surface area contributed by atoms with Gasteiger partial charge < -0.3 is 11.1 Å². The first-order chi connectivity index (χ1) is 10.0. The molecule has 1 fully saturated rings. The average molecular weight is 288 g/mol. The standard InChI is InChI=1S/C14H16N4O3/c15-8-10-7-12(4-5-13(10)18(20)21)17-11-3-1-2-9(6-11)14(16)19/h4-5,7,9,11,17H,1-3,6H2,(H2,16,19). The van der Waals surface area contributed by atoms with E-state index < -0.39 is 4.92 Å². The molecule has 21 heavy (non-hydrogen) atoms. The summed E-state index contributed by atoms with van der Waals surface area (Å²) in [6.07, 6.45) is 3.26. The first-order valence-corrected chi connectivity index (χ1v) is 6.75. The Morgan fingerprint density at radius 1 is 1.48 bits per heavy atom. The summed E-state index contributed by atoms with van der Waals surface area (Å²) in [5, 5.41) is 23.0. The third-order valence-electron chi connectivity index (χ3n) is 3.76. The molecule has 1 aliphatic rings. The van der Waals surface area contributed by atoms with Gasteiger partial charge in [-0.2, -0.15) is 5.26 Å². The average Bonchev–Trinajstić information content (AvgIpc) is 2.47. The summed E-state index contributed by atoms with van der Waals surface area (Å²) in [6.45, 7) is 0. The maximum atomic E-state index is 11.2. The van der Waals surface area contributed by atoms with Crippen LogP contribution >= 0.6 is 0 Å². The van der Waals surface area contributed by atoms with Gasteiger partial charge in [-0.25, -0.2) is 0 Å². The van der Waals surface area contributed by atoms with E-state index in [0.717, 1.165) is 19.3 Å². The number of amides is 1. The molecule has 2 atom stereocenters. The van der Waals surface area contributed by atoms with Crippen LogP contribution in [-0.4, -0.2) is 16.9 Å². The second-order valence-electron chi connectivity index (χ2n) is 5.21. The Morgan fingerprint density at radius 3 is 2.86 bits per heavy atom. The Bertz CT molecular complexity index is 609. The summed E-state index contributed by atoms with van der Waals surface area (Å²) in [6, 6.07) is 6.27. The Kier molecular flexibility index (Phi) is 4.38. The van der Waals surface area contributed by atoms with Gasteiger partial charge in [-0.1, -0.05) is 6.42 Å². The van der Waals surface area contributed by atoms with Gasteiger partial charge in [0, 0.05) is 23.7 Å². The molecule has 3 N–H and O–H groups in total. The number of nitrogens with two attached hydrogens (primary N) is 1. The lowest BCUT2D eigenvalue weighted by Gasteiger charge is -2.28. The van der Waals surface area contributed by atoms with E-state index in [4.69, 9.17) is 11.0 Å². The molecule has 1 amide bonds. The van der Waals surface area contributed by atoms with Crippen molar-refractivity contribution in [3.05, 3.63) is 33.9 Å². The largest absolute Gasteiger partial charge is 0.382 e.